The van der Waals surface area contributed by atoms with E-state index in [-0.39, 0.29) is 0 Å². The van der Waals surface area contributed by atoms with Crippen LogP contribution in [0.15, 0.2) is 12.7 Å². The fourth-order valence-corrected chi connectivity index (χ4v) is 12.4. The Morgan fingerprint density at radius 1 is 0.769 bits per heavy atom. The number of allylic oxidation sites excluding steroid dienone is 1. The maximum atomic E-state index is 10.2. The summed E-state index contributed by atoms with van der Waals surface area (Å²) in [6.45, 7) is 10.7. The third-order valence-electron chi connectivity index (χ3n) is 4.70. The minimum absolute atomic E-state index is 0.326. The van der Waals surface area contributed by atoms with E-state index >= 15 is 0 Å². The van der Waals surface area contributed by atoms with Crippen molar-refractivity contribution in [3.63, 3.8) is 0 Å². The van der Waals surface area contributed by atoms with Gasteiger partial charge in [-0.15, -0.1) is 6.58 Å². The van der Waals surface area contributed by atoms with E-state index in [1.165, 1.54) is 64.2 Å². The summed E-state index contributed by atoms with van der Waals surface area (Å²) in [6, 6.07) is 0. The van der Waals surface area contributed by atoms with Crippen molar-refractivity contribution in [3.05, 3.63) is 12.7 Å². The third-order valence-corrected chi connectivity index (χ3v) is 13.8. The number of carboxylic acid groups (broad SMARTS) is 1. The Morgan fingerprint density at radius 3 is 1.58 bits per heavy atom. The first-order chi connectivity index (χ1) is 12.6. The van der Waals surface area contributed by atoms with Gasteiger partial charge in [0, 0.05) is 6.42 Å². The summed E-state index contributed by atoms with van der Waals surface area (Å²) in [6.07, 6.45) is 19.0. The van der Waals surface area contributed by atoms with Gasteiger partial charge in [-0.3, -0.25) is 4.79 Å². The van der Waals surface area contributed by atoms with E-state index in [0.717, 1.165) is 19.3 Å². The van der Waals surface area contributed by atoms with Crippen LogP contribution in [0.5, 0.6) is 0 Å². The molecule has 0 unspecified atom stereocenters. The molecule has 0 saturated carbocycles. The van der Waals surface area contributed by atoms with Crippen molar-refractivity contribution in [3.8, 4) is 0 Å². The molecule has 0 rings (SSSR count). The van der Waals surface area contributed by atoms with Crippen LogP contribution in [-0.4, -0.2) is 30.8 Å². The molecule has 0 spiro atoms. The summed E-state index contributed by atoms with van der Waals surface area (Å²) >= 11 is -0.839. The van der Waals surface area contributed by atoms with E-state index in [0.29, 0.717) is 6.42 Å². The predicted molar refractivity (Wildman–Crippen MR) is 120 cm³/mol. The van der Waals surface area contributed by atoms with E-state index in [1.807, 2.05) is 6.08 Å². The second-order valence-electron chi connectivity index (χ2n) is 7.40. The van der Waals surface area contributed by atoms with Crippen LogP contribution in [0, 0.1) is 0 Å². The Labute approximate surface area is 172 Å². The standard InChI is InChI=1S/C11H20O2.3C4H9.Sn/c1-2-3-4-5-6-7-8-9-10-11(12)13;3*1-3-4-2;/h2H,1,3-10H2,(H,12,13);3*1,3-4H2,2H3;. The summed E-state index contributed by atoms with van der Waals surface area (Å²) < 4.78 is 5.04. The van der Waals surface area contributed by atoms with Crippen LogP contribution in [0.2, 0.25) is 13.3 Å². The van der Waals surface area contributed by atoms with Crippen molar-refractivity contribution in [1.29, 1.82) is 0 Å². The average molecular weight is 474 g/mol. The second kappa shape index (κ2) is 25.0. The molecule has 0 aromatic heterocycles. The molecule has 0 fully saturated rings. The van der Waals surface area contributed by atoms with Crippen LogP contribution in [0.1, 0.15) is 111 Å². The molecule has 26 heavy (non-hydrogen) atoms. The molecule has 3 heteroatoms. The van der Waals surface area contributed by atoms with Gasteiger partial charge < -0.3 is 5.11 Å². The van der Waals surface area contributed by atoms with Gasteiger partial charge in [0.25, 0.3) is 0 Å². The second-order valence-corrected chi connectivity index (χ2v) is 16.0. The van der Waals surface area contributed by atoms with Crippen LogP contribution in [0.25, 0.3) is 0 Å². The maximum absolute atomic E-state index is 10.2. The van der Waals surface area contributed by atoms with E-state index < -0.39 is 25.7 Å². The van der Waals surface area contributed by atoms with Gasteiger partial charge in [-0.2, -0.15) is 0 Å². The molecule has 0 atom stereocenters. The first-order valence-corrected chi connectivity index (χ1v) is 17.3. The van der Waals surface area contributed by atoms with Gasteiger partial charge in [0.1, 0.15) is 0 Å². The number of unbranched alkanes of at least 4 members (excludes halogenated alkanes) is 9. The quantitative estimate of drug-likeness (QED) is 0.123. The predicted octanol–water partition coefficient (Wildman–Crippen LogP) is 8.26. The number of rotatable bonds is 18. The van der Waals surface area contributed by atoms with Crippen molar-refractivity contribution < 1.29 is 9.90 Å². The van der Waals surface area contributed by atoms with Crippen molar-refractivity contribution >= 4 is 25.7 Å². The SMILES string of the molecule is C=CCCCCCCCCC(=O)O.CCC[CH2][Sn]([CH2]CCC)[CH2]CCC. The molecule has 0 bridgehead atoms. The summed E-state index contributed by atoms with van der Waals surface area (Å²) in [5.41, 5.74) is 0. The summed E-state index contributed by atoms with van der Waals surface area (Å²) in [7, 11) is 0. The molecule has 0 aliphatic carbocycles. The van der Waals surface area contributed by atoms with Crippen LogP contribution in [0.3, 0.4) is 0 Å². The molecule has 0 aromatic carbocycles. The number of hydrogen-bond donors (Lipinski definition) is 1. The Hall–Kier alpha value is 0.00870. The van der Waals surface area contributed by atoms with Gasteiger partial charge in [0.05, 0.1) is 0 Å². The molecule has 0 saturated heterocycles. The molecule has 0 aliphatic rings. The Balaban J connectivity index is 0. The molecule has 2 nitrogen and oxygen atoms in total. The number of aliphatic carboxylic acids is 1. The monoisotopic (exact) mass is 475 g/mol. The molecular formula is C23H47O2Sn. The molecule has 0 amide bonds. The summed E-state index contributed by atoms with van der Waals surface area (Å²) in [5.74, 6) is -0.674. The van der Waals surface area contributed by atoms with Crippen molar-refractivity contribution in [2.24, 2.45) is 0 Å². The van der Waals surface area contributed by atoms with Gasteiger partial charge >= 0.3 is 98.3 Å². The Morgan fingerprint density at radius 2 is 1.19 bits per heavy atom. The topological polar surface area (TPSA) is 37.3 Å². The molecule has 0 aliphatic heterocycles. The van der Waals surface area contributed by atoms with Crippen molar-refractivity contribution in [2.45, 2.75) is 124 Å². The summed E-state index contributed by atoms with van der Waals surface area (Å²) in [5, 5.41) is 8.38. The van der Waals surface area contributed by atoms with E-state index in [4.69, 9.17) is 5.11 Å². The zero-order chi connectivity index (χ0) is 19.9. The van der Waals surface area contributed by atoms with Crippen LogP contribution < -0.4 is 0 Å². The Bertz CT molecular complexity index is 273. The Kier molecular flexibility index (Phi) is 27.1. The summed E-state index contributed by atoms with van der Waals surface area (Å²) in [4.78, 5) is 10.2. The molecule has 1 N–H and O–H groups in total. The average Bonchev–Trinajstić information content (AvgIpc) is 2.63. The van der Waals surface area contributed by atoms with E-state index in [1.54, 1.807) is 13.3 Å². The number of carboxylic acids is 1. The van der Waals surface area contributed by atoms with Crippen LogP contribution in [-0.2, 0) is 4.79 Å². The van der Waals surface area contributed by atoms with Crippen LogP contribution >= 0.6 is 0 Å². The molecule has 1 radical (unpaired) electrons. The van der Waals surface area contributed by atoms with E-state index in [9.17, 15) is 4.79 Å². The minimum atomic E-state index is -0.839. The zero-order valence-corrected chi connectivity index (χ0v) is 21.0. The molecule has 0 aromatic rings. The van der Waals surface area contributed by atoms with Gasteiger partial charge in [0.2, 0.25) is 0 Å². The fraction of sp³-hybridized carbons (Fsp3) is 0.870. The fourth-order valence-electron chi connectivity index (χ4n) is 2.93. The number of hydrogen-bond acceptors (Lipinski definition) is 1. The number of carbonyl (C=O) groups is 1. The normalized spacial score (nSPS) is 10.5. The molecule has 155 valence electrons. The van der Waals surface area contributed by atoms with Crippen molar-refractivity contribution in [2.75, 3.05) is 0 Å². The molecule has 0 heterocycles. The van der Waals surface area contributed by atoms with E-state index in [2.05, 4.69) is 27.4 Å². The van der Waals surface area contributed by atoms with Crippen LogP contribution in [0.4, 0.5) is 0 Å². The van der Waals surface area contributed by atoms with Crippen molar-refractivity contribution in [1.82, 2.24) is 0 Å². The first kappa shape index (κ1) is 28.2. The van der Waals surface area contributed by atoms with Gasteiger partial charge in [0.15, 0.2) is 0 Å². The zero-order valence-electron chi connectivity index (χ0n) is 18.2. The van der Waals surface area contributed by atoms with Gasteiger partial charge in [-0.05, 0) is 19.3 Å². The molecular weight excluding hydrogens is 427 g/mol. The first-order valence-electron chi connectivity index (χ1n) is 11.3. The van der Waals surface area contributed by atoms with Gasteiger partial charge in [-0.1, -0.05) is 31.8 Å². The third kappa shape index (κ3) is 26.2. The van der Waals surface area contributed by atoms with Gasteiger partial charge in [-0.25, -0.2) is 0 Å².